The molecule has 1 aliphatic heterocycles. The Morgan fingerprint density at radius 2 is 1.88 bits per heavy atom. The minimum Gasteiger partial charge on any atom is -0.299 e. The molecule has 0 atom stereocenters. The predicted octanol–water partition coefficient (Wildman–Crippen LogP) is 0.866. The number of piperidine rings is 1. The van der Waals surface area contributed by atoms with E-state index in [2.05, 4.69) is 15.0 Å². The maximum Gasteiger partial charge on any atom is 0.270 e. The van der Waals surface area contributed by atoms with E-state index in [-0.39, 0.29) is 11.1 Å². The van der Waals surface area contributed by atoms with E-state index < -0.39 is 0 Å². The van der Waals surface area contributed by atoms with Crippen LogP contribution >= 0.6 is 0 Å². The molecule has 7 nitrogen and oxygen atoms in total. The third-order valence-corrected chi connectivity index (χ3v) is 5.16. The molecule has 0 aliphatic carbocycles. The molecule has 0 unspecified atom stereocenters. The molecule has 7 heteroatoms. The first-order chi connectivity index (χ1) is 12.0. The quantitative estimate of drug-likeness (QED) is 0.823. The number of aryl methyl sites for hydroxylation is 2. The SMILES string of the molecule is Cc1ncn(CC2CCN(Cc3ccnn(C)c3=O)CC2)c(=O)c1C. The molecule has 2 aromatic heterocycles. The Morgan fingerprint density at radius 1 is 1.16 bits per heavy atom. The highest BCUT2D eigenvalue weighted by molar-refractivity contribution is 5.12. The summed E-state index contributed by atoms with van der Waals surface area (Å²) in [6.07, 6.45) is 5.37. The average molecular weight is 343 g/mol. The van der Waals surface area contributed by atoms with E-state index >= 15 is 0 Å². The van der Waals surface area contributed by atoms with E-state index in [0.29, 0.717) is 12.5 Å². The largest absolute Gasteiger partial charge is 0.299 e. The van der Waals surface area contributed by atoms with E-state index in [4.69, 9.17) is 0 Å². The molecule has 2 aromatic rings. The van der Waals surface area contributed by atoms with Gasteiger partial charge in [0.15, 0.2) is 0 Å². The van der Waals surface area contributed by atoms with Crippen LogP contribution in [-0.4, -0.2) is 37.3 Å². The summed E-state index contributed by atoms with van der Waals surface area (Å²) in [5, 5.41) is 3.96. The number of nitrogens with zero attached hydrogens (tertiary/aromatic N) is 5. The van der Waals surface area contributed by atoms with Crippen LogP contribution in [0, 0.1) is 19.8 Å². The smallest absolute Gasteiger partial charge is 0.270 e. The number of aromatic nitrogens is 4. The highest BCUT2D eigenvalue weighted by atomic mass is 16.1. The van der Waals surface area contributed by atoms with E-state index in [9.17, 15) is 9.59 Å². The zero-order valence-corrected chi connectivity index (χ0v) is 15.1. The Balaban J connectivity index is 1.59. The molecule has 0 N–H and O–H groups in total. The van der Waals surface area contributed by atoms with Gasteiger partial charge in [-0.3, -0.25) is 19.1 Å². The topological polar surface area (TPSA) is 73.0 Å². The highest BCUT2D eigenvalue weighted by Crippen LogP contribution is 2.19. The van der Waals surface area contributed by atoms with Crippen molar-refractivity contribution in [2.45, 2.75) is 39.8 Å². The molecular formula is C18H25N5O2. The highest BCUT2D eigenvalue weighted by Gasteiger charge is 2.21. The molecule has 0 bridgehead atoms. The van der Waals surface area contributed by atoms with E-state index in [1.807, 2.05) is 13.8 Å². The third-order valence-electron chi connectivity index (χ3n) is 5.16. The van der Waals surface area contributed by atoms with Crippen molar-refractivity contribution < 1.29 is 0 Å². The van der Waals surface area contributed by atoms with Gasteiger partial charge in [0.05, 0.1) is 6.33 Å². The van der Waals surface area contributed by atoms with Crippen molar-refractivity contribution in [3.8, 4) is 0 Å². The second-order valence-corrected chi connectivity index (χ2v) is 6.92. The van der Waals surface area contributed by atoms with Crippen molar-refractivity contribution in [2.24, 2.45) is 13.0 Å². The second-order valence-electron chi connectivity index (χ2n) is 6.92. The maximum atomic E-state index is 12.3. The van der Waals surface area contributed by atoms with Gasteiger partial charge in [-0.1, -0.05) is 0 Å². The molecule has 0 saturated carbocycles. The summed E-state index contributed by atoms with van der Waals surface area (Å²) >= 11 is 0. The van der Waals surface area contributed by atoms with Crippen LogP contribution in [0.5, 0.6) is 0 Å². The summed E-state index contributed by atoms with van der Waals surface area (Å²) in [6, 6.07) is 1.80. The van der Waals surface area contributed by atoms with Gasteiger partial charge in [0, 0.05) is 43.2 Å². The van der Waals surface area contributed by atoms with Gasteiger partial charge < -0.3 is 0 Å². The molecule has 134 valence electrons. The molecular weight excluding hydrogens is 318 g/mol. The molecule has 1 aliphatic rings. The summed E-state index contributed by atoms with van der Waals surface area (Å²) < 4.78 is 3.11. The number of hydrogen-bond donors (Lipinski definition) is 0. The van der Waals surface area contributed by atoms with E-state index in [1.54, 1.807) is 30.2 Å². The van der Waals surface area contributed by atoms with E-state index in [0.717, 1.165) is 49.3 Å². The fraction of sp³-hybridized carbons (Fsp3) is 0.556. The summed E-state index contributed by atoms with van der Waals surface area (Å²) in [4.78, 5) is 31.0. The Labute approximate surface area is 146 Å². The lowest BCUT2D eigenvalue weighted by atomic mass is 9.96. The van der Waals surface area contributed by atoms with Gasteiger partial charge in [-0.05, 0) is 51.8 Å². The minimum atomic E-state index is -0.0302. The lowest BCUT2D eigenvalue weighted by molar-refractivity contribution is 0.165. The van der Waals surface area contributed by atoms with Crippen molar-refractivity contribution in [3.63, 3.8) is 0 Å². The summed E-state index contributed by atoms with van der Waals surface area (Å²) in [5.74, 6) is 0.470. The normalized spacial score (nSPS) is 16.3. The van der Waals surface area contributed by atoms with Crippen LogP contribution in [-0.2, 0) is 20.1 Å². The van der Waals surface area contributed by atoms with E-state index in [1.165, 1.54) is 4.68 Å². The zero-order chi connectivity index (χ0) is 18.0. The molecule has 0 radical (unpaired) electrons. The molecule has 3 heterocycles. The zero-order valence-electron chi connectivity index (χ0n) is 15.1. The number of hydrogen-bond acceptors (Lipinski definition) is 5. The van der Waals surface area contributed by atoms with Crippen molar-refractivity contribution in [1.82, 2.24) is 24.2 Å². The van der Waals surface area contributed by atoms with Gasteiger partial charge in [0.1, 0.15) is 0 Å². The minimum absolute atomic E-state index is 0.0302. The fourth-order valence-corrected chi connectivity index (χ4v) is 3.33. The van der Waals surface area contributed by atoms with Crippen LogP contribution < -0.4 is 11.1 Å². The standard InChI is InChI=1S/C18H25N5O2/c1-13-14(2)19-12-23(17(13)24)10-15-5-8-22(9-6-15)11-16-4-7-20-21(3)18(16)25/h4,7,12,15H,5-6,8-11H2,1-3H3. The number of likely N-dealkylation sites (tertiary alicyclic amines) is 1. The second kappa shape index (κ2) is 7.31. The van der Waals surface area contributed by atoms with Gasteiger partial charge in [0.2, 0.25) is 0 Å². The Bertz CT molecular complexity index is 863. The molecule has 1 fully saturated rings. The lowest BCUT2D eigenvalue weighted by Gasteiger charge is -2.32. The Morgan fingerprint density at radius 3 is 2.60 bits per heavy atom. The Kier molecular flexibility index (Phi) is 5.13. The molecule has 0 amide bonds. The van der Waals surface area contributed by atoms with Crippen molar-refractivity contribution >= 4 is 0 Å². The summed E-state index contributed by atoms with van der Waals surface area (Å²) in [5.41, 5.74) is 2.35. The monoisotopic (exact) mass is 343 g/mol. The predicted molar refractivity (Wildman–Crippen MR) is 95.5 cm³/mol. The summed E-state index contributed by atoms with van der Waals surface area (Å²) in [6.45, 7) is 6.94. The molecule has 3 rings (SSSR count). The molecule has 0 spiro atoms. The van der Waals surface area contributed by atoms with Crippen LogP contribution in [0.2, 0.25) is 0 Å². The van der Waals surface area contributed by atoms with Crippen LogP contribution in [0.4, 0.5) is 0 Å². The average Bonchev–Trinajstić information content (AvgIpc) is 2.61. The van der Waals surface area contributed by atoms with Gasteiger partial charge >= 0.3 is 0 Å². The van der Waals surface area contributed by atoms with Crippen molar-refractivity contribution in [3.05, 3.63) is 56.1 Å². The molecule has 25 heavy (non-hydrogen) atoms. The summed E-state index contributed by atoms with van der Waals surface area (Å²) in [7, 11) is 1.67. The molecule has 0 aromatic carbocycles. The number of rotatable bonds is 4. The van der Waals surface area contributed by atoms with Crippen molar-refractivity contribution in [1.29, 1.82) is 0 Å². The lowest BCUT2D eigenvalue weighted by Crippen LogP contribution is -2.38. The van der Waals surface area contributed by atoms with Gasteiger partial charge in [0.25, 0.3) is 11.1 Å². The van der Waals surface area contributed by atoms with Gasteiger partial charge in [-0.2, -0.15) is 5.10 Å². The maximum absolute atomic E-state index is 12.3. The van der Waals surface area contributed by atoms with Gasteiger partial charge in [-0.25, -0.2) is 9.67 Å². The van der Waals surface area contributed by atoms with Crippen LogP contribution in [0.3, 0.4) is 0 Å². The van der Waals surface area contributed by atoms with Crippen LogP contribution in [0.1, 0.15) is 29.7 Å². The first-order valence-corrected chi connectivity index (χ1v) is 8.72. The third kappa shape index (κ3) is 3.87. The first kappa shape index (κ1) is 17.5. The fourth-order valence-electron chi connectivity index (χ4n) is 3.33. The van der Waals surface area contributed by atoms with Crippen LogP contribution in [0.15, 0.2) is 28.2 Å². The van der Waals surface area contributed by atoms with Crippen molar-refractivity contribution in [2.75, 3.05) is 13.1 Å². The Hall–Kier alpha value is -2.28. The van der Waals surface area contributed by atoms with Crippen LogP contribution in [0.25, 0.3) is 0 Å². The molecule has 1 saturated heterocycles. The van der Waals surface area contributed by atoms with Gasteiger partial charge in [-0.15, -0.1) is 0 Å². The first-order valence-electron chi connectivity index (χ1n) is 8.72.